The number of hydrogen-bond donors (Lipinski definition) is 3. The molecule has 0 radical (unpaired) electrons. The molecule has 0 aromatic rings. The molecule has 0 aliphatic carbocycles. The van der Waals surface area contributed by atoms with Crippen molar-refractivity contribution in [1.29, 1.82) is 0 Å². The maximum absolute atomic E-state index is 12.9. The number of phosphoric ester groups is 1. The third-order valence-electron chi connectivity index (χ3n) is 12.7. The third-order valence-corrected chi connectivity index (χ3v) is 13.7. The summed E-state index contributed by atoms with van der Waals surface area (Å²) in [7, 11) is 1.56. The summed E-state index contributed by atoms with van der Waals surface area (Å²) in [5, 5.41) is 13.9. The van der Waals surface area contributed by atoms with Gasteiger partial charge in [0.25, 0.3) is 0 Å². The summed E-state index contributed by atoms with van der Waals surface area (Å²) in [6.45, 7) is 4.78. The number of likely N-dealkylation sites (N-methyl/N-ethyl adjacent to an activating group) is 1. The molecule has 0 aromatic carbocycles. The van der Waals surface area contributed by atoms with Crippen molar-refractivity contribution in [2.45, 2.75) is 270 Å². The molecular formula is C59H112N2O6P+. The first-order valence-electron chi connectivity index (χ1n) is 28.7. The molecular weight excluding hydrogens is 864 g/mol. The Morgan fingerprint density at radius 3 is 1.28 bits per heavy atom. The highest BCUT2D eigenvalue weighted by atomic mass is 31.2. The van der Waals surface area contributed by atoms with E-state index in [-0.39, 0.29) is 19.1 Å². The molecule has 0 spiro atoms. The molecule has 0 bridgehead atoms. The van der Waals surface area contributed by atoms with Crippen LogP contribution in [-0.4, -0.2) is 73.4 Å². The van der Waals surface area contributed by atoms with Crippen molar-refractivity contribution in [2.24, 2.45) is 0 Å². The zero-order valence-electron chi connectivity index (χ0n) is 45.3. The summed E-state index contributed by atoms with van der Waals surface area (Å²) in [6.07, 6.45) is 67.6. The van der Waals surface area contributed by atoms with Gasteiger partial charge in [0.1, 0.15) is 13.2 Å². The molecule has 3 N–H and O–H groups in total. The number of carbonyl (C=O) groups is 1. The number of rotatable bonds is 52. The smallest absolute Gasteiger partial charge is 0.387 e. The van der Waals surface area contributed by atoms with Gasteiger partial charge in [-0.3, -0.25) is 13.8 Å². The van der Waals surface area contributed by atoms with Gasteiger partial charge in [-0.05, 0) is 70.6 Å². The van der Waals surface area contributed by atoms with E-state index in [9.17, 15) is 19.4 Å². The number of nitrogens with one attached hydrogen (secondary N) is 1. The first-order chi connectivity index (χ1) is 33.0. The first kappa shape index (κ1) is 66.2. The van der Waals surface area contributed by atoms with E-state index < -0.39 is 20.0 Å². The quantitative estimate of drug-likeness (QED) is 0.0243. The minimum absolute atomic E-state index is 0.0556. The van der Waals surface area contributed by atoms with E-state index in [2.05, 4.69) is 67.8 Å². The number of unbranched alkanes of at least 4 members (excludes halogenated alkanes) is 31. The second kappa shape index (κ2) is 50.2. The maximum Gasteiger partial charge on any atom is 0.472 e. The van der Waals surface area contributed by atoms with Crippen molar-refractivity contribution in [3.05, 3.63) is 60.8 Å². The molecule has 0 rings (SSSR count). The van der Waals surface area contributed by atoms with Gasteiger partial charge in [-0.15, -0.1) is 0 Å². The zero-order valence-corrected chi connectivity index (χ0v) is 46.2. The van der Waals surface area contributed by atoms with Crippen LogP contribution in [0.2, 0.25) is 0 Å². The van der Waals surface area contributed by atoms with Gasteiger partial charge in [0, 0.05) is 6.42 Å². The number of phosphoric acid groups is 1. The summed E-state index contributed by atoms with van der Waals surface area (Å²) in [5.74, 6) is -0.186. The van der Waals surface area contributed by atoms with E-state index in [1.807, 2.05) is 27.2 Å². The molecule has 0 aromatic heterocycles. The van der Waals surface area contributed by atoms with E-state index in [0.29, 0.717) is 17.4 Å². The fraction of sp³-hybridized carbons (Fsp3) is 0.814. The van der Waals surface area contributed by atoms with Crippen LogP contribution in [0.4, 0.5) is 0 Å². The fourth-order valence-electron chi connectivity index (χ4n) is 8.18. The predicted molar refractivity (Wildman–Crippen MR) is 295 cm³/mol. The van der Waals surface area contributed by atoms with Gasteiger partial charge < -0.3 is 19.8 Å². The molecule has 0 fully saturated rings. The lowest BCUT2D eigenvalue weighted by Crippen LogP contribution is -2.45. The molecule has 68 heavy (non-hydrogen) atoms. The lowest BCUT2D eigenvalue weighted by atomic mass is 10.0. The lowest BCUT2D eigenvalue weighted by molar-refractivity contribution is -0.870. The van der Waals surface area contributed by atoms with Gasteiger partial charge >= 0.3 is 7.82 Å². The number of carbonyl (C=O) groups excluding carboxylic acids is 1. The van der Waals surface area contributed by atoms with Crippen molar-refractivity contribution >= 4 is 13.7 Å². The Morgan fingerprint density at radius 1 is 0.500 bits per heavy atom. The number of aliphatic hydroxyl groups excluding tert-OH is 1. The average Bonchev–Trinajstić information content (AvgIpc) is 3.30. The second-order valence-electron chi connectivity index (χ2n) is 20.7. The largest absolute Gasteiger partial charge is 0.472 e. The van der Waals surface area contributed by atoms with Crippen LogP contribution in [0.5, 0.6) is 0 Å². The molecule has 3 unspecified atom stereocenters. The molecule has 0 saturated carbocycles. The molecule has 0 aliphatic heterocycles. The van der Waals surface area contributed by atoms with Crippen LogP contribution in [0.15, 0.2) is 60.8 Å². The van der Waals surface area contributed by atoms with Crippen LogP contribution in [0, 0.1) is 0 Å². The summed E-state index contributed by atoms with van der Waals surface area (Å²) in [5.41, 5.74) is 0. The number of allylic oxidation sites excluding steroid dienone is 9. The summed E-state index contributed by atoms with van der Waals surface area (Å²) < 4.78 is 23.6. The van der Waals surface area contributed by atoms with Crippen molar-refractivity contribution in [3.63, 3.8) is 0 Å². The Hall–Kier alpha value is -1.80. The van der Waals surface area contributed by atoms with Gasteiger partial charge in [0.15, 0.2) is 0 Å². The zero-order chi connectivity index (χ0) is 49.9. The van der Waals surface area contributed by atoms with Crippen LogP contribution < -0.4 is 5.32 Å². The van der Waals surface area contributed by atoms with E-state index in [1.54, 1.807) is 6.08 Å². The van der Waals surface area contributed by atoms with E-state index in [1.165, 1.54) is 186 Å². The van der Waals surface area contributed by atoms with Crippen LogP contribution in [-0.2, 0) is 18.4 Å². The van der Waals surface area contributed by atoms with Gasteiger partial charge in [-0.1, -0.05) is 242 Å². The van der Waals surface area contributed by atoms with Crippen molar-refractivity contribution in [1.82, 2.24) is 5.32 Å². The second-order valence-corrected chi connectivity index (χ2v) is 22.1. The fourth-order valence-corrected chi connectivity index (χ4v) is 8.92. The standard InChI is InChI=1S/C59H111N2O6P/c1-6-8-10-12-14-16-18-20-21-22-23-24-25-26-27-28-29-30-31-32-33-34-35-36-37-38-39-41-43-45-47-49-51-53-59(63)60-57(56-67-68(64,65)66-55-54-61(3,4)5)58(62)52-50-48-46-44-42-40-19-17-15-13-11-9-7-2/h18,20,22-23,25-26,42,44,50,52,57-58,62H,6-17,19,21,24,27-41,43,45-49,51,53-56H2,1-5H3,(H-,60,63,64,65)/p+1/b20-18-,23-22-,26-25-,44-42+,52-50+. The molecule has 8 nitrogen and oxygen atoms in total. The molecule has 0 heterocycles. The molecule has 9 heteroatoms. The van der Waals surface area contributed by atoms with Gasteiger partial charge in [0.05, 0.1) is 39.9 Å². The van der Waals surface area contributed by atoms with E-state index in [0.717, 1.165) is 51.4 Å². The van der Waals surface area contributed by atoms with Crippen molar-refractivity contribution in [3.8, 4) is 0 Å². The number of nitrogens with zero attached hydrogens (tertiary/aromatic N) is 1. The summed E-state index contributed by atoms with van der Waals surface area (Å²) in [6, 6.07) is -0.863. The Morgan fingerprint density at radius 2 is 0.853 bits per heavy atom. The normalized spacial score (nSPS) is 14.4. The highest BCUT2D eigenvalue weighted by Gasteiger charge is 2.27. The van der Waals surface area contributed by atoms with Gasteiger partial charge in [-0.25, -0.2) is 4.57 Å². The topological polar surface area (TPSA) is 105 Å². The van der Waals surface area contributed by atoms with E-state index >= 15 is 0 Å². The monoisotopic (exact) mass is 976 g/mol. The highest BCUT2D eigenvalue weighted by molar-refractivity contribution is 7.47. The summed E-state index contributed by atoms with van der Waals surface area (Å²) >= 11 is 0. The SMILES string of the molecule is CCCCCCC/C=C\C/C=C\C/C=C\CCCCCCCCCCCCCCCCCCCCC(=O)NC(COP(=O)(O)OCC[N+](C)(C)C)C(O)/C=C/CC/C=C/CCCCCCCCC. The Labute approximate surface area is 422 Å². The average molecular weight is 977 g/mol. The van der Waals surface area contributed by atoms with Gasteiger partial charge in [-0.2, -0.15) is 0 Å². The van der Waals surface area contributed by atoms with Crippen molar-refractivity contribution < 1.29 is 32.9 Å². The third kappa shape index (κ3) is 52.0. The van der Waals surface area contributed by atoms with Crippen LogP contribution in [0.25, 0.3) is 0 Å². The maximum atomic E-state index is 12.9. The Balaban J connectivity index is 4.05. The summed E-state index contributed by atoms with van der Waals surface area (Å²) in [4.78, 5) is 23.2. The van der Waals surface area contributed by atoms with Crippen molar-refractivity contribution in [2.75, 3.05) is 40.9 Å². The highest BCUT2D eigenvalue weighted by Crippen LogP contribution is 2.43. The van der Waals surface area contributed by atoms with Crippen LogP contribution in [0.1, 0.15) is 258 Å². The van der Waals surface area contributed by atoms with E-state index in [4.69, 9.17) is 9.05 Å². The first-order valence-corrected chi connectivity index (χ1v) is 30.2. The molecule has 0 saturated heterocycles. The minimum Gasteiger partial charge on any atom is -0.387 e. The Bertz CT molecular complexity index is 1290. The van der Waals surface area contributed by atoms with Gasteiger partial charge in [0.2, 0.25) is 5.91 Å². The Kier molecular flexibility index (Phi) is 48.8. The number of aliphatic hydroxyl groups is 1. The number of hydrogen-bond acceptors (Lipinski definition) is 5. The molecule has 3 atom stereocenters. The molecule has 398 valence electrons. The lowest BCUT2D eigenvalue weighted by Gasteiger charge is -2.25. The number of amides is 1. The van der Waals surface area contributed by atoms with Crippen LogP contribution >= 0.6 is 7.82 Å². The minimum atomic E-state index is -4.35. The predicted octanol–water partition coefficient (Wildman–Crippen LogP) is 17.3. The number of quaternary nitrogens is 1. The molecule has 0 aliphatic rings. The molecule has 1 amide bonds. The van der Waals surface area contributed by atoms with Crippen LogP contribution in [0.3, 0.4) is 0 Å².